The van der Waals surface area contributed by atoms with Gasteiger partial charge in [-0.1, -0.05) is 0 Å². The molecule has 0 bridgehead atoms. The molecule has 0 atom stereocenters. The summed E-state index contributed by atoms with van der Waals surface area (Å²) in [6, 6.07) is 37.9. The van der Waals surface area contributed by atoms with Crippen LogP contribution in [-0.4, -0.2) is 0 Å². The summed E-state index contributed by atoms with van der Waals surface area (Å²) in [6.07, 6.45) is 7.57. The van der Waals surface area contributed by atoms with Gasteiger partial charge in [0.05, 0.1) is 0 Å². The van der Waals surface area contributed by atoms with Crippen molar-refractivity contribution in [2.45, 2.75) is 68.1 Å². The van der Waals surface area contributed by atoms with E-state index in [0.29, 0.717) is 0 Å². The van der Waals surface area contributed by atoms with Gasteiger partial charge in [0.25, 0.3) is 0 Å². The summed E-state index contributed by atoms with van der Waals surface area (Å²) in [5.41, 5.74) is 12.5. The zero-order valence-corrected chi connectivity index (χ0v) is 26.6. The third-order valence-corrected chi connectivity index (χ3v) is 31.1. The van der Waals surface area contributed by atoms with Crippen molar-refractivity contribution in [3.05, 3.63) is 119 Å². The fourth-order valence-electron chi connectivity index (χ4n) is 8.41. The molecule has 0 nitrogen and oxygen atoms in total. The molecule has 0 saturated heterocycles. The molecule has 0 unspecified atom stereocenters. The van der Waals surface area contributed by atoms with Crippen molar-refractivity contribution >= 4 is 0 Å². The Morgan fingerprint density at radius 3 is 1.00 bits per heavy atom. The first-order valence-electron chi connectivity index (χ1n) is 14.4. The van der Waals surface area contributed by atoms with Gasteiger partial charge in [0, 0.05) is 0 Å². The molecular formula is C36H40Hf. The monoisotopic (exact) mass is 652 g/mol. The van der Waals surface area contributed by atoms with Gasteiger partial charge in [-0.05, 0) is 0 Å². The number of hydrogen-bond donors (Lipinski definition) is 0. The molecule has 0 heterocycles. The van der Waals surface area contributed by atoms with Gasteiger partial charge in [0.1, 0.15) is 0 Å². The molecule has 4 aromatic carbocycles. The molecule has 0 N–H and O–H groups in total. The molecular weight excluding hydrogens is 611 g/mol. The van der Waals surface area contributed by atoms with E-state index in [1.54, 1.807) is 22.3 Å². The average molecular weight is 651 g/mol. The summed E-state index contributed by atoms with van der Waals surface area (Å²) in [7, 11) is 0. The van der Waals surface area contributed by atoms with E-state index in [2.05, 4.69) is 120 Å². The molecule has 0 radical (unpaired) electrons. The fourth-order valence-corrected chi connectivity index (χ4v) is 29.6. The first kappa shape index (κ1) is 25.1. The molecule has 2 aliphatic carbocycles. The number of rotatable bonds is 8. The standard InChI is InChI=1S/2C17H17.2CH3.Hf/c2*1-2-3-8-13-14-9-4-6-11-16(14)17-12-7-5-10-15(13)17;;;/h2*4-7,9-12H,2-3,8H2,1H3;2*1H3;. The quantitative estimate of drug-likeness (QED) is 0.167. The average Bonchev–Trinajstić information content (AvgIpc) is 3.40. The predicted octanol–water partition coefficient (Wildman–Crippen LogP) is 10.5. The molecule has 0 fully saturated rings. The normalized spacial score (nSPS) is 16.1. The number of fused-ring (bicyclic) bond motifs is 6. The van der Waals surface area contributed by atoms with E-state index < -0.39 is 20.0 Å². The minimum atomic E-state index is -3.50. The molecule has 0 saturated carbocycles. The van der Waals surface area contributed by atoms with Gasteiger partial charge in [0.15, 0.2) is 0 Å². The number of benzene rings is 4. The zero-order chi connectivity index (χ0) is 25.7. The van der Waals surface area contributed by atoms with Crippen LogP contribution in [0.5, 0.6) is 0 Å². The van der Waals surface area contributed by atoms with Crippen LogP contribution in [0.2, 0.25) is 9.36 Å². The number of unbranched alkanes of at least 4 members (excludes halogenated alkanes) is 2. The van der Waals surface area contributed by atoms with Crippen LogP contribution in [0, 0.1) is 0 Å². The number of hydrogen-bond acceptors (Lipinski definition) is 0. The summed E-state index contributed by atoms with van der Waals surface area (Å²) < 4.78 is 5.98. The molecule has 4 aromatic rings. The van der Waals surface area contributed by atoms with Gasteiger partial charge in [0.2, 0.25) is 0 Å². The van der Waals surface area contributed by atoms with Crippen LogP contribution in [0.4, 0.5) is 0 Å². The van der Waals surface area contributed by atoms with E-state index in [1.165, 1.54) is 60.8 Å². The molecule has 37 heavy (non-hydrogen) atoms. The van der Waals surface area contributed by atoms with Crippen LogP contribution in [0.3, 0.4) is 0 Å². The van der Waals surface area contributed by atoms with Crippen LogP contribution in [-0.2, 0) is 26.3 Å². The minimum absolute atomic E-state index is 0.147. The second-order valence-corrected chi connectivity index (χ2v) is 29.6. The van der Waals surface area contributed by atoms with Crippen molar-refractivity contribution in [1.29, 1.82) is 0 Å². The van der Waals surface area contributed by atoms with Crippen LogP contribution in [0.15, 0.2) is 97.1 Å². The second kappa shape index (κ2) is 9.49. The van der Waals surface area contributed by atoms with Crippen molar-refractivity contribution in [3.8, 4) is 22.3 Å². The van der Waals surface area contributed by atoms with Gasteiger partial charge >= 0.3 is 230 Å². The third-order valence-electron chi connectivity index (χ3n) is 10.1. The van der Waals surface area contributed by atoms with Gasteiger partial charge in [-0.3, -0.25) is 0 Å². The Balaban J connectivity index is 1.73. The summed E-state index contributed by atoms with van der Waals surface area (Å²) in [5.74, 6) is 0. The van der Waals surface area contributed by atoms with Crippen molar-refractivity contribution < 1.29 is 20.0 Å². The Morgan fingerprint density at radius 2 is 0.730 bits per heavy atom. The van der Waals surface area contributed by atoms with E-state index in [1.807, 2.05) is 0 Å². The van der Waals surface area contributed by atoms with Gasteiger partial charge < -0.3 is 0 Å². The van der Waals surface area contributed by atoms with E-state index in [0.717, 1.165) is 0 Å². The van der Waals surface area contributed by atoms with Crippen molar-refractivity contribution in [3.63, 3.8) is 0 Å². The summed E-state index contributed by atoms with van der Waals surface area (Å²) >= 11 is -3.50. The molecule has 188 valence electrons. The Morgan fingerprint density at radius 1 is 0.459 bits per heavy atom. The summed E-state index contributed by atoms with van der Waals surface area (Å²) in [5, 5.41) is 0. The van der Waals surface area contributed by atoms with Crippen LogP contribution in [0.1, 0.15) is 74.6 Å². The second-order valence-electron chi connectivity index (χ2n) is 11.8. The Labute approximate surface area is 228 Å². The van der Waals surface area contributed by atoms with E-state index in [9.17, 15) is 0 Å². The Hall–Kier alpha value is -2.25. The zero-order valence-electron chi connectivity index (χ0n) is 23.0. The topological polar surface area (TPSA) is 0 Å². The first-order chi connectivity index (χ1) is 18.0. The molecule has 0 aromatic heterocycles. The van der Waals surface area contributed by atoms with Crippen molar-refractivity contribution in [2.24, 2.45) is 0 Å². The first-order valence-corrected chi connectivity index (χ1v) is 25.2. The summed E-state index contributed by atoms with van der Waals surface area (Å²) in [6.45, 7) is 4.74. The maximum absolute atomic E-state index is 3.50. The Bertz CT molecular complexity index is 1240. The van der Waals surface area contributed by atoms with E-state index in [4.69, 9.17) is 0 Å². The predicted molar refractivity (Wildman–Crippen MR) is 156 cm³/mol. The van der Waals surface area contributed by atoms with Gasteiger partial charge in [-0.15, -0.1) is 0 Å². The van der Waals surface area contributed by atoms with Crippen molar-refractivity contribution in [2.75, 3.05) is 0 Å². The van der Waals surface area contributed by atoms with Gasteiger partial charge in [-0.25, -0.2) is 0 Å². The Kier molecular flexibility index (Phi) is 6.43. The molecule has 1 heteroatoms. The molecule has 0 spiro atoms. The SMILES string of the molecule is CCCC[C]1([Hf]([CH3])([CH3])[C]2(CCCC)c3ccccc3-c3ccccc32)c2ccccc2-c2ccccc21. The maximum atomic E-state index is 2.84. The molecule has 6 rings (SSSR count). The fraction of sp³-hybridized carbons (Fsp3) is 0.333. The molecule has 0 amide bonds. The summed E-state index contributed by atoms with van der Waals surface area (Å²) in [4.78, 5) is 0. The van der Waals surface area contributed by atoms with Crippen LogP contribution < -0.4 is 0 Å². The molecule has 0 aliphatic heterocycles. The van der Waals surface area contributed by atoms with Gasteiger partial charge in [-0.2, -0.15) is 0 Å². The molecule has 2 aliphatic rings. The van der Waals surface area contributed by atoms with Crippen molar-refractivity contribution in [1.82, 2.24) is 0 Å². The third kappa shape index (κ3) is 3.29. The van der Waals surface area contributed by atoms with E-state index >= 15 is 0 Å². The van der Waals surface area contributed by atoms with Crippen LogP contribution >= 0.6 is 0 Å². The van der Waals surface area contributed by atoms with E-state index in [-0.39, 0.29) is 6.34 Å². The van der Waals surface area contributed by atoms with Crippen LogP contribution in [0.25, 0.3) is 22.3 Å².